The van der Waals surface area contributed by atoms with Gasteiger partial charge in [0.25, 0.3) is 0 Å². The van der Waals surface area contributed by atoms with E-state index in [-0.39, 0.29) is 12.1 Å². The number of nitrogens with one attached hydrogen (secondary N) is 1. The van der Waals surface area contributed by atoms with Gasteiger partial charge in [-0.2, -0.15) is 0 Å². The molecule has 21 heavy (non-hydrogen) atoms. The van der Waals surface area contributed by atoms with E-state index in [9.17, 15) is 0 Å². The second-order valence-corrected chi connectivity index (χ2v) is 5.33. The predicted octanol–water partition coefficient (Wildman–Crippen LogP) is 2.93. The molecule has 1 heterocycles. The predicted molar refractivity (Wildman–Crippen MR) is 83.8 cm³/mol. The molecule has 4 heteroatoms. The van der Waals surface area contributed by atoms with Crippen molar-refractivity contribution in [1.82, 2.24) is 5.32 Å². The maximum atomic E-state index is 5.87. The smallest absolute Gasteiger partial charge is 0.119 e. The van der Waals surface area contributed by atoms with E-state index in [1.165, 1.54) is 5.56 Å². The molecule has 4 nitrogen and oxygen atoms in total. The Kier molecular flexibility index (Phi) is 7.00. The molecule has 0 bridgehead atoms. The minimum Gasteiger partial charge on any atom is -0.494 e. The molecule has 1 aromatic rings. The molecule has 0 radical (unpaired) electrons. The third kappa shape index (κ3) is 4.99. The van der Waals surface area contributed by atoms with Gasteiger partial charge >= 0.3 is 0 Å². The van der Waals surface area contributed by atoms with Crippen molar-refractivity contribution < 1.29 is 14.2 Å². The lowest BCUT2D eigenvalue weighted by Gasteiger charge is -2.31. The van der Waals surface area contributed by atoms with Crippen LogP contribution in [0.25, 0.3) is 0 Å². The SMILES string of the molecule is CCCNC(c1ccc(OCCC)cc1)C1COCCO1. The Hall–Kier alpha value is -1.10. The average molecular weight is 293 g/mol. The van der Waals surface area contributed by atoms with Gasteiger partial charge in [-0.3, -0.25) is 0 Å². The molecule has 0 saturated carbocycles. The van der Waals surface area contributed by atoms with E-state index in [1.54, 1.807) is 0 Å². The molecule has 1 N–H and O–H groups in total. The van der Waals surface area contributed by atoms with Gasteiger partial charge in [-0.25, -0.2) is 0 Å². The highest BCUT2D eigenvalue weighted by atomic mass is 16.6. The summed E-state index contributed by atoms with van der Waals surface area (Å²) in [7, 11) is 0. The largest absolute Gasteiger partial charge is 0.494 e. The molecular weight excluding hydrogens is 266 g/mol. The van der Waals surface area contributed by atoms with Gasteiger partial charge in [-0.05, 0) is 37.1 Å². The van der Waals surface area contributed by atoms with Crippen LogP contribution in [0.2, 0.25) is 0 Å². The molecule has 1 aliphatic heterocycles. The number of hydrogen-bond donors (Lipinski definition) is 1. The van der Waals surface area contributed by atoms with Gasteiger partial charge in [0.1, 0.15) is 11.9 Å². The first-order valence-corrected chi connectivity index (χ1v) is 8.00. The van der Waals surface area contributed by atoms with E-state index in [4.69, 9.17) is 14.2 Å². The van der Waals surface area contributed by atoms with Crippen molar-refractivity contribution >= 4 is 0 Å². The van der Waals surface area contributed by atoms with E-state index in [2.05, 4.69) is 31.3 Å². The van der Waals surface area contributed by atoms with E-state index in [1.807, 2.05) is 12.1 Å². The van der Waals surface area contributed by atoms with Gasteiger partial charge in [0.05, 0.1) is 32.5 Å². The summed E-state index contributed by atoms with van der Waals surface area (Å²) in [5, 5.41) is 3.57. The standard InChI is InChI=1S/C17H27NO3/c1-3-9-18-17(16-13-19-11-12-21-16)14-5-7-15(8-6-14)20-10-4-2/h5-8,16-18H,3-4,9-13H2,1-2H3. The Morgan fingerprint density at radius 2 is 2.00 bits per heavy atom. The fourth-order valence-corrected chi connectivity index (χ4v) is 2.45. The van der Waals surface area contributed by atoms with E-state index < -0.39 is 0 Å². The Labute approximate surface area is 127 Å². The van der Waals surface area contributed by atoms with E-state index >= 15 is 0 Å². The molecule has 118 valence electrons. The average Bonchev–Trinajstić information content (AvgIpc) is 2.55. The fraction of sp³-hybridized carbons (Fsp3) is 0.647. The van der Waals surface area contributed by atoms with Crippen LogP contribution in [0.15, 0.2) is 24.3 Å². The van der Waals surface area contributed by atoms with Gasteiger partial charge in [0.2, 0.25) is 0 Å². The summed E-state index contributed by atoms with van der Waals surface area (Å²) in [6.07, 6.45) is 2.20. The van der Waals surface area contributed by atoms with Crippen molar-refractivity contribution in [3.05, 3.63) is 29.8 Å². The third-order valence-electron chi connectivity index (χ3n) is 3.54. The van der Waals surface area contributed by atoms with Crippen LogP contribution in [0.1, 0.15) is 38.3 Å². The summed E-state index contributed by atoms with van der Waals surface area (Å²) in [6, 6.07) is 8.49. The quantitative estimate of drug-likeness (QED) is 0.800. The molecule has 0 spiro atoms. The van der Waals surface area contributed by atoms with Crippen molar-refractivity contribution in [3.8, 4) is 5.75 Å². The normalized spacial score (nSPS) is 20.2. The van der Waals surface area contributed by atoms with Crippen LogP contribution in [-0.2, 0) is 9.47 Å². The maximum Gasteiger partial charge on any atom is 0.119 e. The summed E-state index contributed by atoms with van der Waals surface area (Å²) in [6.45, 7) is 8.03. The van der Waals surface area contributed by atoms with Crippen LogP contribution in [0.4, 0.5) is 0 Å². The minimum absolute atomic E-state index is 0.0766. The summed E-state index contributed by atoms with van der Waals surface area (Å²) in [5.41, 5.74) is 1.22. The van der Waals surface area contributed by atoms with Crippen LogP contribution in [-0.4, -0.2) is 39.1 Å². The Morgan fingerprint density at radius 3 is 2.62 bits per heavy atom. The highest BCUT2D eigenvalue weighted by molar-refractivity contribution is 5.30. The van der Waals surface area contributed by atoms with Crippen molar-refractivity contribution in [1.29, 1.82) is 0 Å². The van der Waals surface area contributed by atoms with Gasteiger partial charge in [-0.15, -0.1) is 0 Å². The number of benzene rings is 1. The van der Waals surface area contributed by atoms with Crippen molar-refractivity contribution in [2.24, 2.45) is 0 Å². The molecule has 1 fully saturated rings. The summed E-state index contributed by atoms with van der Waals surface area (Å²) < 4.78 is 17.1. The van der Waals surface area contributed by atoms with Crippen molar-refractivity contribution in [2.45, 2.75) is 38.8 Å². The van der Waals surface area contributed by atoms with Crippen LogP contribution in [0, 0.1) is 0 Å². The molecule has 0 aromatic heterocycles. The van der Waals surface area contributed by atoms with Gasteiger partial charge in [0.15, 0.2) is 0 Å². The molecule has 0 amide bonds. The maximum absolute atomic E-state index is 5.87. The highest BCUT2D eigenvalue weighted by Gasteiger charge is 2.26. The minimum atomic E-state index is 0.0766. The highest BCUT2D eigenvalue weighted by Crippen LogP contribution is 2.24. The zero-order chi connectivity index (χ0) is 14.9. The lowest BCUT2D eigenvalue weighted by Crippen LogP contribution is -2.40. The molecule has 1 saturated heterocycles. The Balaban J connectivity index is 2.04. The number of hydrogen-bond acceptors (Lipinski definition) is 4. The van der Waals surface area contributed by atoms with E-state index in [0.29, 0.717) is 19.8 Å². The van der Waals surface area contributed by atoms with E-state index in [0.717, 1.165) is 31.7 Å². The summed E-state index contributed by atoms with van der Waals surface area (Å²) in [5.74, 6) is 0.927. The molecule has 2 unspecified atom stereocenters. The van der Waals surface area contributed by atoms with Gasteiger partial charge in [-0.1, -0.05) is 26.0 Å². The van der Waals surface area contributed by atoms with Crippen LogP contribution >= 0.6 is 0 Å². The van der Waals surface area contributed by atoms with Crippen molar-refractivity contribution in [2.75, 3.05) is 33.0 Å². The third-order valence-corrected chi connectivity index (χ3v) is 3.54. The monoisotopic (exact) mass is 293 g/mol. The number of rotatable bonds is 8. The van der Waals surface area contributed by atoms with Gasteiger partial charge < -0.3 is 19.5 Å². The Morgan fingerprint density at radius 1 is 1.19 bits per heavy atom. The van der Waals surface area contributed by atoms with Crippen LogP contribution in [0.3, 0.4) is 0 Å². The lowest BCUT2D eigenvalue weighted by atomic mass is 10.0. The molecular formula is C17H27NO3. The molecule has 0 aliphatic carbocycles. The second-order valence-electron chi connectivity index (χ2n) is 5.33. The fourth-order valence-electron chi connectivity index (χ4n) is 2.45. The Bertz CT molecular complexity index is 388. The molecule has 1 aliphatic rings. The van der Waals surface area contributed by atoms with Crippen LogP contribution in [0.5, 0.6) is 5.75 Å². The summed E-state index contributed by atoms with van der Waals surface area (Å²) >= 11 is 0. The zero-order valence-electron chi connectivity index (χ0n) is 13.1. The summed E-state index contributed by atoms with van der Waals surface area (Å²) in [4.78, 5) is 0. The first-order chi connectivity index (χ1) is 10.3. The molecule has 2 atom stereocenters. The molecule has 1 aromatic carbocycles. The number of ether oxygens (including phenoxy) is 3. The van der Waals surface area contributed by atoms with Gasteiger partial charge in [0, 0.05) is 0 Å². The first kappa shape index (κ1) is 16.3. The zero-order valence-corrected chi connectivity index (χ0v) is 13.1. The second kappa shape index (κ2) is 9.03. The molecule has 2 rings (SSSR count). The van der Waals surface area contributed by atoms with Crippen molar-refractivity contribution in [3.63, 3.8) is 0 Å². The topological polar surface area (TPSA) is 39.7 Å². The van der Waals surface area contributed by atoms with Crippen LogP contribution < -0.4 is 10.1 Å². The first-order valence-electron chi connectivity index (χ1n) is 8.00. The lowest BCUT2D eigenvalue weighted by molar-refractivity contribution is -0.102.